The summed E-state index contributed by atoms with van der Waals surface area (Å²) in [7, 11) is 4.61. The van der Waals surface area contributed by atoms with Crippen molar-refractivity contribution in [3.63, 3.8) is 0 Å². The molecule has 1 fully saturated rings. The minimum Gasteiger partial charge on any atom is -0.497 e. The number of hydrogen-bond donors (Lipinski definition) is 0. The highest BCUT2D eigenvalue weighted by Gasteiger charge is 2.44. The molecular weight excluding hydrogens is 384 g/mol. The highest BCUT2D eigenvalue weighted by atomic mass is 16.5. The molecule has 2 aliphatic rings. The molecule has 0 radical (unpaired) electrons. The number of hydrogen-bond acceptors (Lipinski definition) is 6. The Morgan fingerprint density at radius 2 is 1.43 bits per heavy atom. The Morgan fingerprint density at radius 1 is 0.800 bits per heavy atom. The first-order chi connectivity index (χ1) is 14.6. The first-order valence-corrected chi connectivity index (χ1v) is 9.83. The summed E-state index contributed by atoms with van der Waals surface area (Å²) in [6.07, 6.45) is 1.97. The number of amides is 2. The number of rotatable bonds is 6. The van der Waals surface area contributed by atoms with Gasteiger partial charge in [0, 0.05) is 36.9 Å². The van der Waals surface area contributed by atoms with E-state index >= 15 is 0 Å². The van der Waals surface area contributed by atoms with Crippen molar-refractivity contribution in [3.05, 3.63) is 53.7 Å². The van der Waals surface area contributed by atoms with Crippen molar-refractivity contribution >= 4 is 23.1 Å². The van der Waals surface area contributed by atoms with Crippen LogP contribution in [0.25, 0.3) is 5.57 Å². The van der Waals surface area contributed by atoms with Gasteiger partial charge in [-0.3, -0.25) is 9.59 Å². The van der Waals surface area contributed by atoms with Crippen LogP contribution in [-0.4, -0.2) is 51.1 Å². The molecule has 0 bridgehead atoms. The van der Waals surface area contributed by atoms with Crippen LogP contribution in [0.15, 0.2) is 48.2 Å². The Labute approximate surface area is 175 Å². The van der Waals surface area contributed by atoms with Gasteiger partial charge in [-0.05, 0) is 18.9 Å². The van der Waals surface area contributed by atoms with Gasteiger partial charge in [0.25, 0.3) is 11.8 Å². The minimum atomic E-state index is -0.387. The zero-order valence-electron chi connectivity index (χ0n) is 17.3. The number of para-hydroxylation sites is 1. The minimum absolute atomic E-state index is 0.349. The Bertz CT molecular complexity index is 1000. The summed E-state index contributed by atoms with van der Waals surface area (Å²) in [5.41, 5.74) is 1.80. The molecule has 7 heteroatoms. The predicted octanol–water partition coefficient (Wildman–Crippen LogP) is 3.09. The van der Waals surface area contributed by atoms with E-state index in [2.05, 4.69) is 0 Å². The first-order valence-electron chi connectivity index (χ1n) is 9.83. The van der Waals surface area contributed by atoms with Crippen LogP contribution >= 0.6 is 0 Å². The monoisotopic (exact) mass is 408 g/mol. The number of likely N-dealkylation sites (tertiary alicyclic amines) is 1. The highest BCUT2D eigenvalue weighted by molar-refractivity contribution is 6.45. The van der Waals surface area contributed by atoms with Gasteiger partial charge in [0.05, 0.1) is 32.6 Å². The summed E-state index contributed by atoms with van der Waals surface area (Å²) < 4.78 is 16.1. The topological polar surface area (TPSA) is 68.3 Å². The molecular formula is C23H24N2O5. The number of imide groups is 1. The Balaban J connectivity index is 1.87. The van der Waals surface area contributed by atoms with E-state index < -0.39 is 0 Å². The zero-order chi connectivity index (χ0) is 21.3. The molecule has 0 saturated carbocycles. The third-order valence-corrected chi connectivity index (χ3v) is 5.45. The van der Waals surface area contributed by atoms with Crippen LogP contribution in [0.4, 0.5) is 5.69 Å². The fraction of sp³-hybridized carbons (Fsp3) is 0.304. The largest absolute Gasteiger partial charge is 0.497 e. The van der Waals surface area contributed by atoms with E-state index in [4.69, 9.17) is 14.2 Å². The fourth-order valence-corrected chi connectivity index (χ4v) is 4.00. The van der Waals surface area contributed by atoms with Crippen LogP contribution in [0.5, 0.6) is 17.2 Å². The number of carbonyl (C=O) groups excluding carboxylic acids is 2. The fourth-order valence-electron chi connectivity index (χ4n) is 4.00. The van der Waals surface area contributed by atoms with Gasteiger partial charge in [0.2, 0.25) is 0 Å². The van der Waals surface area contributed by atoms with Gasteiger partial charge in [0.1, 0.15) is 22.9 Å². The van der Waals surface area contributed by atoms with E-state index in [1.54, 1.807) is 31.4 Å². The van der Waals surface area contributed by atoms with Gasteiger partial charge >= 0.3 is 0 Å². The van der Waals surface area contributed by atoms with E-state index in [0.29, 0.717) is 39.8 Å². The predicted molar refractivity (Wildman–Crippen MR) is 113 cm³/mol. The van der Waals surface area contributed by atoms with Gasteiger partial charge in [-0.15, -0.1) is 0 Å². The standard InChI is InChI=1S/C23H24N2O5/c1-28-16-12-15(13-17(14-16)29-2)25-22(26)20(18-8-4-5-9-19(18)30-3)21(23(25)27)24-10-6-7-11-24/h4-5,8-9,12-14H,6-7,10-11H2,1-3H3. The van der Waals surface area contributed by atoms with Crippen LogP contribution in [0.2, 0.25) is 0 Å². The lowest BCUT2D eigenvalue weighted by atomic mass is 10.0. The molecule has 1 saturated heterocycles. The number of carbonyl (C=O) groups is 2. The summed E-state index contributed by atoms with van der Waals surface area (Å²) in [6.45, 7) is 1.48. The highest BCUT2D eigenvalue weighted by Crippen LogP contribution is 2.40. The molecule has 156 valence electrons. The molecule has 30 heavy (non-hydrogen) atoms. The first kappa shape index (κ1) is 19.8. The van der Waals surface area contributed by atoms with Crippen molar-refractivity contribution in [2.24, 2.45) is 0 Å². The Hall–Kier alpha value is -3.48. The van der Waals surface area contributed by atoms with Crippen molar-refractivity contribution in [1.29, 1.82) is 0 Å². The molecule has 0 N–H and O–H groups in total. The van der Waals surface area contributed by atoms with Crippen LogP contribution in [-0.2, 0) is 9.59 Å². The van der Waals surface area contributed by atoms with Gasteiger partial charge in [0.15, 0.2) is 0 Å². The number of benzene rings is 2. The quantitative estimate of drug-likeness (QED) is 0.685. The summed E-state index contributed by atoms with van der Waals surface area (Å²) in [6, 6.07) is 12.3. The molecule has 0 atom stereocenters. The molecule has 2 aromatic carbocycles. The lowest BCUT2D eigenvalue weighted by molar-refractivity contribution is -0.120. The third-order valence-electron chi connectivity index (χ3n) is 5.45. The van der Waals surface area contributed by atoms with Gasteiger partial charge in [-0.1, -0.05) is 18.2 Å². The number of nitrogens with zero attached hydrogens (tertiary/aromatic N) is 2. The third kappa shape index (κ3) is 3.26. The molecule has 2 aliphatic heterocycles. The summed E-state index contributed by atoms with van der Waals surface area (Å²) in [4.78, 5) is 30.4. The Kier molecular flexibility index (Phi) is 5.35. The zero-order valence-corrected chi connectivity index (χ0v) is 17.3. The van der Waals surface area contributed by atoms with Crippen molar-refractivity contribution in [1.82, 2.24) is 4.90 Å². The lowest BCUT2D eigenvalue weighted by Crippen LogP contribution is -2.34. The summed E-state index contributed by atoms with van der Waals surface area (Å²) in [5, 5.41) is 0. The second-order valence-electron chi connectivity index (χ2n) is 7.13. The molecule has 2 amide bonds. The van der Waals surface area contributed by atoms with Crippen molar-refractivity contribution < 1.29 is 23.8 Å². The van der Waals surface area contributed by atoms with E-state index in [1.807, 2.05) is 23.1 Å². The van der Waals surface area contributed by atoms with E-state index in [1.165, 1.54) is 19.1 Å². The van der Waals surface area contributed by atoms with Crippen LogP contribution in [0, 0.1) is 0 Å². The SMILES string of the molecule is COc1cc(OC)cc(N2C(=O)C(c3ccccc3OC)=C(N3CCCC3)C2=O)c1. The van der Waals surface area contributed by atoms with Gasteiger partial charge in [-0.25, -0.2) is 4.90 Å². The second-order valence-corrected chi connectivity index (χ2v) is 7.13. The van der Waals surface area contributed by atoms with Crippen molar-refractivity contribution in [2.75, 3.05) is 39.3 Å². The summed E-state index contributed by atoms with van der Waals surface area (Å²) >= 11 is 0. The molecule has 0 aliphatic carbocycles. The van der Waals surface area contributed by atoms with Crippen LogP contribution < -0.4 is 19.1 Å². The van der Waals surface area contributed by atoms with Gasteiger partial charge in [-0.2, -0.15) is 0 Å². The maximum absolute atomic E-state index is 13.6. The van der Waals surface area contributed by atoms with E-state index in [-0.39, 0.29) is 11.8 Å². The average Bonchev–Trinajstić information content (AvgIpc) is 3.39. The molecule has 0 spiro atoms. The molecule has 0 unspecified atom stereocenters. The lowest BCUT2D eigenvalue weighted by Gasteiger charge is -2.21. The van der Waals surface area contributed by atoms with Crippen molar-refractivity contribution in [3.8, 4) is 17.2 Å². The van der Waals surface area contributed by atoms with Crippen molar-refractivity contribution in [2.45, 2.75) is 12.8 Å². The molecule has 7 nitrogen and oxygen atoms in total. The molecule has 2 aromatic rings. The average molecular weight is 408 g/mol. The second kappa shape index (κ2) is 8.10. The summed E-state index contributed by atoms with van der Waals surface area (Å²) in [5.74, 6) is 0.812. The Morgan fingerprint density at radius 3 is 2.03 bits per heavy atom. The smallest absolute Gasteiger partial charge is 0.282 e. The maximum Gasteiger partial charge on any atom is 0.282 e. The van der Waals surface area contributed by atoms with Gasteiger partial charge < -0.3 is 19.1 Å². The number of anilines is 1. The number of ether oxygens (including phenoxy) is 3. The molecule has 2 heterocycles. The molecule has 0 aromatic heterocycles. The normalized spacial score (nSPS) is 16.5. The van der Waals surface area contributed by atoms with E-state index in [0.717, 1.165) is 25.9 Å². The number of methoxy groups -OCH3 is 3. The van der Waals surface area contributed by atoms with Crippen LogP contribution in [0.1, 0.15) is 18.4 Å². The van der Waals surface area contributed by atoms with E-state index in [9.17, 15) is 9.59 Å². The van der Waals surface area contributed by atoms with Crippen LogP contribution in [0.3, 0.4) is 0 Å². The maximum atomic E-state index is 13.6. The molecule has 4 rings (SSSR count).